The number of carbonyl (C=O) groups excluding carboxylic acids is 1. The minimum absolute atomic E-state index is 0.0257. The molecule has 3 rings (SSSR count). The van der Waals surface area contributed by atoms with Crippen LogP contribution in [0, 0.1) is 5.92 Å². The van der Waals surface area contributed by atoms with Crippen molar-refractivity contribution in [1.82, 2.24) is 19.1 Å². The van der Waals surface area contributed by atoms with Crippen molar-refractivity contribution >= 4 is 22.1 Å². The van der Waals surface area contributed by atoms with Gasteiger partial charge in [-0.1, -0.05) is 0 Å². The van der Waals surface area contributed by atoms with Crippen molar-refractivity contribution in [2.75, 3.05) is 13.1 Å². The Labute approximate surface area is 153 Å². The van der Waals surface area contributed by atoms with Crippen LogP contribution in [-0.4, -0.2) is 69.7 Å². The number of nitrogens with zero attached hydrogens (tertiary/aromatic N) is 5. The molecule has 0 radical (unpaired) electrons. The first kappa shape index (κ1) is 19.8. The summed E-state index contributed by atoms with van der Waals surface area (Å²) < 4.78 is 67.2. The summed E-state index contributed by atoms with van der Waals surface area (Å²) in [7, 11) is -2.39. The quantitative estimate of drug-likeness (QED) is 0.772. The number of piperidine rings is 1. The first-order chi connectivity index (χ1) is 12.5. The van der Waals surface area contributed by atoms with Gasteiger partial charge in [-0.2, -0.15) is 32.7 Å². The van der Waals surface area contributed by atoms with E-state index in [1.165, 1.54) is 10.9 Å². The van der Waals surface area contributed by atoms with E-state index in [0.29, 0.717) is 0 Å². The van der Waals surface area contributed by atoms with Gasteiger partial charge in [0.1, 0.15) is 4.90 Å². The predicted octanol–water partition coefficient (Wildman–Crippen LogP) is 0.290. The molecule has 0 bridgehead atoms. The van der Waals surface area contributed by atoms with Gasteiger partial charge in [0, 0.05) is 39.0 Å². The normalized spacial score (nSPS) is 27.3. The number of rotatable bonds is 3. The molecular weight excluding hydrogens is 391 g/mol. The highest BCUT2D eigenvalue weighted by Gasteiger charge is 2.62. The maximum atomic E-state index is 13.2. The number of hydrogen-bond donors (Lipinski definition) is 1. The molecule has 1 N–H and O–H groups in total. The molecule has 2 atom stereocenters. The zero-order valence-electron chi connectivity index (χ0n) is 14.3. The van der Waals surface area contributed by atoms with Crippen LogP contribution >= 0.6 is 0 Å². The lowest BCUT2D eigenvalue weighted by molar-refractivity contribution is -0.303. The van der Waals surface area contributed by atoms with E-state index in [9.17, 15) is 31.5 Å². The first-order valence-corrected chi connectivity index (χ1v) is 9.55. The zero-order valence-corrected chi connectivity index (χ0v) is 15.1. The molecule has 0 spiro atoms. The van der Waals surface area contributed by atoms with Crippen LogP contribution in [0.5, 0.6) is 0 Å². The second-order valence-corrected chi connectivity index (χ2v) is 8.46. The molecule has 0 saturated carbocycles. The van der Waals surface area contributed by atoms with Gasteiger partial charge in [-0.25, -0.2) is 8.42 Å². The molecule has 3 heterocycles. The van der Waals surface area contributed by atoms with Gasteiger partial charge in [-0.15, -0.1) is 0 Å². The Kier molecular flexibility index (Phi) is 4.80. The molecule has 2 aliphatic rings. The second kappa shape index (κ2) is 6.56. The monoisotopic (exact) mass is 409 g/mol. The minimum Gasteiger partial charge on any atom is -0.362 e. The van der Waals surface area contributed by atoms with Crippen LogP contribution in [0.2, 0.25) is 0 Å². The molecular formula is C14H18F3N5O4S. The summed E-state index contributed by atoms with van der Waals surface area (Å²) >= 11 is 0. The van der Waals surface area contributed by atoms with E-state index < -0.39 is 40.2 Å². The summed E-state index contributed by atoms with van der Waals surface area (Å²) in [6.45, 7) is -0.163. The fourth-order valence-corrected chi connectivity index (χ4v) is 4.63. The fourth-order valence-electron chi connectivity index (χ4n) is 3.12. The maximum Gasteiger partial charge on any atom is 0.438 e. The van der Waals surface area contributed by atoms with Gasteiger partial charge in [0.25, 0.3) is 5.72 Å². The molecule has 1 aromatic rings. The van der Waals surface area contributed by atoms with Crippen LogP contribution in [-0.2, 0) is 21.9 Å². The van der Waals surface area contributed by atoms with Crippen molar-refractivity contribution in [3.8, 4) is 0 Å². The third-order valence-electron chi connectivity index (χ3n) is 4.64. The van der Waals surface area contributed by atoms with Crippen molar-refractivity contribution in [2.24, 2.45) is 18.1 Å². The Balaban J connectivity index is 1.80. The Morgan fingerprint density at radius 1 is 1.41 bits per heavy atom. The lowest BCUT2D eigenvalue weighted by atomic mass is 9.97. The molecule has 0 aliphatic carbocycles. The number of hydrazone groups is 1. The highest BCUT2D eigenvalue weighted by Crippen LogP contribution is 2.40. The largest absolute Gasteiger partial charge is 0.438 e. The molecule has 1 fully saturated rings. The fraction of sp³-hybridized carbons (Fsp3) is 0.643. The highest BCUT2D eigenvalue weighted by atomic mass is 32.2. The van der Waals surface area contributed by atoms with Crippen LogP contribution in [0.15, 0.2) is 22.4 Å². The number of amides is 1. The SMILES string of the molecule is Cn1cc(S(=O)(=O)N2CCC[C@H](C(=O)N3N=CC[C@]3(O)C(F)(F)F)C2)cn1. The Hall–Kier alpha value is -1.99. The van der Waals surface area contributed by atoms with Crippen molar-refractivity contribution in [1.29, 1.82) is 0 Å². The molecule has 150 valence electrons. The smallest absolute Gasteiger partial charge is 0.362 e. The van der Waals surface area contributed by atoms with Crippen LogP contribution in [0.1, 0.15) is 19.3 Å². The first-order valence-electron chi connectivity index (χ1n) is 8.11. The lowest BCUT2D eigenvalue weighted by Crippen LogP contribution is -2.58. The number of aryl methyl sites for hydroxylation is 1. The van der Waals surface area contributed by atoms with Crippen LogP contribution < -0.4 is 0 Å². The summed E-state index contributed by atoms with van der Waals surface area (Å²) in [5.74, 6) is -2.11. The average Bonchev–Trinajstić information content (AvgIpc) is 3.21. The van der Waals surface area contributed by atoms with Gasteiger partial charge in [0.15, 0.2) is 0 Å². The zero-order chi connectivity index (χ0) is 20.0. The Bertz CT molecular complexity index is 868. The van der Waals surface area contributed by atoms with Crippen LogP contribution in [0.4, 0.5) is 13.2 Å². The van der Waals surface area contributed by atoms with Crippen molar-refractivity contribution in [3.63, 3.8) is 0 Å². The van der Waals surface area contributed by atoms with Gasteiger partial charge in [0.2, 0.25) is 15.9 Å². The van der Waals surface area contributed by atoms with Crippen molar-refractivity contribution in [2.45, 2.75) is 36.1 Å². The Morgan fingerprint density at radius 2 is 2.11 bits per heavy atom. The molecule has 0 unspecified atom stereocenters. The molecule has 1 amide bonds. The number of alkyl halides is 3. The number of carbonyl (C=O) groups is 1. The van der Waals surface area contributed by atoms with Gasteiger partial charge in [-0.05, 0) is 12.8 Å². The van der Waals surface area contributed by atoms with Gasteiger partial charge in [0.05, 0.1) is 12.1 Å². The summed E-state index contributed by atoms with van der Waals surface area (Å²) in [4.78, 5) is 12.5. The van der Waals surface area contributed by atoms with Crippen LogP contribution in [0.3, 0.4) is 0 Å². The van der Waals surface area contributed by atoms with Crippen molar-refractivity contribution < 1.29 is 31.5 Å². The number of aliphatic hydroxyl groups is 1. The molecule has 1 aromatic heterocycles. The second-order valence-electron chi connectivity index (χ2n) is 6.52. The topological polar surface area (TPSA) is 108 Å². The summed E-state index contributed by atoms with van der Waals surface area (Å²) in [6.07, 6.45) is -2.20. The highest BCUT2D eigenvalue weighted by molar-refractivity contribution is 7.89. The van der Waals surface area contributed by atoms with Crippen LogP contribution in [0.25, 0.3) is 0 Å². The van der Waals surface area contributed by atoms with E-state index in [1.807, 2.05) is 0 Å². The number of hydrogen-bond acceptors (Lipinski definition) is 6. The summed E-state index contributed by atoms with van der Waals surface area (Å²) in [6, 6.07) is 0. The molecule has 0 aromatic carbocycles. The molecule has 13 heteroatoms. The van der Waals surface area contributed by atoms with E-state index in [1.54, 1.807) is 7.05 Å². The molecule has 2 aliphatic heterocycles. The number of sulfonamides is 1. The third kappa shape index (κ3) is 3.34. The third-order valence-corrected chi connectivity index (χ3v) is 6.46. The standard InChI is InChI=1S/C14H18F3N5O4S/c1-20-9-11(7-19-20)27(25,26)21-6-2-3-10(8-21)12(23)22-13(24,4-5-18-22)14(15,16)17/h5,7,9-10,24H,2-4,6,8H2,1H3/t10-,13-/m0/s1. The van der Waals surface area contributed by atoms with Gasteiger partial charge < -0.3 is 5.11 Å². The number of halogens is 3. The van der Waals surface area contributed by atoms with Gasteiger partial charge >= 0.3 is 6.18 Å². The van der Waals surface area contributed by atoms with Crippen molar-refractivity contribution in [3.05, 3.63) is 12.4 Å². The molecule has 9 nitrogen and oxygen atoms in total. The summed E-state index contributed by atoms with van der Waals surface area (Å²) in [5.41, 5.74) is -3.41. The van der Waals surface area contributed by atoms with E-state index in [4.69, 9.17) is 0 Å². The van der Waals surface area contributed by atoms with Gasteiger partial charge in [-0.3, -0.25) is 9.48 Å². The lowest BCUT2D eigenvalue weighted by Gasteiger charge is -2.37. The average molecular weight is 409 g/mol. The molecule has 27 heavy (non-hydrogen) atoms. The molecule has 1 saturated heterocycles. The van der Waals surface area contributed by atoms with E-state index in [2.05, 4.69) is 10.2 Å². The number of aromatic nitrogens is 2. The Morgan fingerprint density at radius 3 is 2.70 bits per heavy atom. The van der Waals surface area contributed by atoms with E-state index >= 15 is 0 Å². The maximum absolute atomic E-state index is 13.2. The van der Waals surface area contributed by atoms with E-state index in [0.717, 1.165) is 16.7 Å². The minimum atomic E-state index is -5.09. The predicted molar refractivity (Wildman–Crippen MR) is 85.7 cm³/mol. The van der Waals surface area contributed by atoms with E-state index in [-0.39, 0.29) is 35.8 Å². The summed E-state index contributed by atoms with van der Waals surface area (Å²) in [5, 5.41) is 17.1.